The third-order valence-corrected chi connectivity index (χ3v) is 7.17. The lowest BCUT2D eigenvalue weighted by molar-refractivity contribution is -0.920. The van der Waals surface area contributed by atoms with Crippen molar-refractivity contribution in [1.29, 1.82) is 0 Å². The normalized spacial score (nSPS) is 12.9. The highest BCUT2D eigenvalue weighted by Gasteiger charge is 2.27. The number of rotatable bonds is 20. The molecule has 0 saturated heterocycles. The molecular formula is C29H54N+. The highest BCUT2D eigenvalue weighted by molar-refractivity contribution is 5.17. The summed E-state index contributed by atoms with van der Waals surface area (Å²) < 4.78 is 1.10. The van der Waals surface area contributed by atoms with Gasteiger partial charge in [-0.3, -0.25) is 0 Å². The summed E-state index contributed by atoms with van der Waals surface area (Å²) in [6, 6.07) is 11.8. The van der Waals surface area contributed by atoms with E-state index in [2.05, 4.69) is 58.3 Å². The van der Waals surface area contributed by atoms with E-state index in [-0.39, 0.29) is 0 Å². The lowest BCUT2D eigenvalue weighted by Crippen LogP contribution is -2.42. The summed E-state index contributed by atoms with van der Waals surface area (Å²) in [5.41, 5.74) is 1.52. The maximum absolute atomic E-state index is 2.39. The first kappa shape index (κ1) is 27.2. The van der Waals surface area contributed by atoms with Crippen molar-refractivity contribution in [1.82, 2.24) is 0 Å². The fourth-order valence-electron chi connectivity index (χ4n) is 4.70. The standard InChI is InChI=1S/C29H54N/c1-5-7-8-9-10-11-12-13-14-15-16-17-18-19-20-24-27-29(30(3,4)6-2)28-25-22-21-23-26-28/h21-23,25-26,29H,5-20,24,27H2,1-4H3/q+1. The zero-order chi connectivity index (χ0) is 21.9. The first-order chi connectivity index (χ1) is 14.6. The van der Waals surface area contributed by atoms with Crippen LogP contribution < -0.4 is 0 Å². The third-order valence-electron chi connectivity index (χ3n) is 7.17. The monoisotopic (exact) mass is 416 g/mol. The zero-order valence-electron chi connectivity index (χ0n) is 21.1. The number of unbranched alkanes of at least 4 members (excludes halogenated alkanes) is 15. The topological polar surface area (TPSA) is 0 Å². The van der Waals surface area contributed by atoms with Crippen LogP contribution in [-0.2, 0) is 0 Å². The Morgan fingerprint density at radius 3 is 1.37 bits per heavy atom. The summed E-state index contributed by atoms with van der Waals surface area (Å²) in [6.45, 7) is 5.82. The molecule has 1 aromatic rings. The van der Waals surface area contributed by atoms with E-state index in [9.17, 15) is 0 Å². The molecule has 0 heterocycles. The molecule has 1 nitrogen and oxygen atoms in total. The molecule has 1 aromatic carbocycles. The summed E-state index contributed by atoms with van der Waals surface area (Å²) in [4.78, 5) is 0. The third kappa shape index (κ3) is 12.8. The molecule has 0 spiro atoms. The number of nitrogens with zero attached hydrogens (tertiary/aromatic N) is 1. The molecule has 30 heavy (non-hydrogen) atoms. The Hall–Kier alpha value is -0.820. The number of quaternary nitrogens is 1. The molecule has 1 rings (SSSR count). The molecule has 0 bridgehead atoms. The lowest BCUT2D eigenvalue weighted by atomic mass is 9.96. The molecule has 0 fully saturated rings. The van der Waals surface area contributed by atoms with Gasteiger partial charge in [0.2, 0.25) is 0 Å². The summed E-state index contributed by atoms with van der Waals surface area (Å²) in [6.07, 6.45) is 24.4. The van der Waals surface area contributed by atoms with E-state index in [1.165, 1.54) is 121 Å². The van der Waals surface area contributed by atoms with Crippen molar-refractivity contribution in [2.24, 2.45) is 0 Å². The Bertz CT molecular complexity index is 478. The Labute approximate surface area is 190 Å². The highest BCUT2D eigenvalue weighted by Crippen LogP contribution is 2.30. The summed E-state index contributed by atoms with van der Waals surface area (Å²) in [5.74, 6) is 0. The van der Waals surface area contributed by atoms with E-state index in [1.807, 2.05) is 0 Å². The maximum Gasteiger partial charge on any atom is 0.114 e. The van der Waals surface area contributed by atoms with Gasteiger partial charge < -0.3 is 4.48 Å². The second-order valence-electron chi connectivity index (χ2n) is 10.1. The molecule has 174 valence electrons. The summed E-state index contributed by atoms with van der Waals surface area (Å²) in [7, 11) is 4.79. The fourth-order valence-corrected chi connectivity index (χ4v) is 4.70. The van der Waals surface area contributed by atoms with Gasteiger partial charge in [0.05, 0.1) is 20.6 Å². The molecule has 1 heteroatoms. The van der Waals surface area contributed by atoms with Crippen molar-refractivity contribution in [2.75, 3.05) is 20.6 Å². The van der Waals surface area contributed by atoms with Crippen molar-refractivity contribution < 1.29 is 4.48 Å². The van der Waals surface area contributed by atoms with Crippen LogP contribution in [0.4, 0.5) is 0 Å². The maximum atomic E-state index is 2.39. The SMILES string of the molecule is CCCCCCCCCCCCCCCCCCC(c1ccccc1)[N+](C)(C)CC. The van der Waals surface area contributed by atoms with E-state index in [1.54, 1.807) is 0 Å². The van der Waals surface area contributed by atoms with Crippen LogP contribution in [0.5, 0.6) is 0 Å². The van der Waals surface area contributed by atoms with Crippen molar-refractivity contribution >= 4 is 0 Å². The van der Waals surface area contributed by atoms with E-state index in [4.69, 9.17) is 0 Å². The molecule has 0 aliphatic rings. The number of benzene rings is 1. The molecular weight excluding hydrogens is 362 g/mol. The summed E-state index contributed by atoms with van der Waals surface area (Å²) in [5, 5.41) is 0. The van der Waals surface area contributed by atoms with Gasteiger partial charge in [-0.05, 0) is 13.3 Å². The predicted octanol–water partition coefficient (Wildman–Crippen LogP) is 9.48. The van der Waals surface area contributed by atoms with Gasteiger partial charge in [-0.15, -0.1) is 0 Å². The van der Waals surface area contributed by atoms with Gasteiger partial charge in [0.1, 0.15) is 6.04 Å². The van der Waals surface area contributed by atoms with Gasteiger partial charge in [-0.25, -0.2) is 0 Å². The number of hydrogen-bond donors (Lipinski definition) is 0. The molecule has 0 aliphatic carbocycles. The van der Waals surface area contributed by atoms with Gasteiger partial charge in [-0.2, -0.15) is 0 Å². The van der Waals surface area contributed by atoms with E-state index < -0.39 is 0 Å². The molecule has 1 atom stereocenters. The number of hydrogen-bond acceptors (Lipinski definition) is 0. The molecule has 0 N–H and O–H groups in total. The first-order valence-electron chi connectivity index (χ1n) is 13.5. The first-order valence-corrected chi connectivity index (χ1v) is 13.5. The quantitative estimate of drug-likeness (QED) is 0.147. The van der Waals surface area contributed by atoms with Crippen LogP contribution in [0.3, 0.4) is 0 Å². The Kier molecular flexibility index (Phi) is 16.2. The highest BCUT2D eigenvalue weighted by atomic mass is 15.3. The molecule has 0 aromatic heterocycles. The van der Waals surface area contributed by atoms with Crippen LogP contribution in [0.1, 0.15) is 135 Å². The molecule has 0 aliphatic heterocycles. The van der Waals surface area contributed by atoms with Gasteiger partial charge in [0.25, 0.3) is 0 Å². The lowest BCUT2D eigenvalue weighted by Gasteiger charge is -2.37. The van der Waals surface area contributed by atoms with Crippen LogP contribution in [0.15, 0.2) is 30.3 Å². The smallest absolute Gasteiger partial charge is 0.114 e. The van der Waals surface area contributed by atoms with Crippen LogP contribution in [0.2, 0.25) is 0 Å². The molecule has 1 unspecified atom stereocenters. The van der Waals surface area contributed by atoms with Crippen molar-refractivity contribution in [3.05, 3.63) is 35.9 Å². The van der Waals surface area contributed by atoms with Gasteiger partial charge >= 0.3 is 0 Å². The van der Waals surface area contributed by atoms with Crippen LogP contribution >= 0.6 is 0 Å². The van der Waals surface area contributed by atoms with Gasteiger partial charge in [0.15, 0.2) is 0 Å². The summed E-state index contributed by atoms with van der Waals surface area (Å²) >= 11 is 0. The molecule has 0 saturated carbocycles. The average Bonchev–Trinajstić information content (AvgIpc) is 2.76. The minimum Gasteiger partial charge on any atom is -0.323 e. The Morgan fingerprint density at radius 2 is 0.967 bits per heavy atom. The zero-order valence-corrected chi connectivity index (χ0v) is 21.1. The van der Waals surface area contributed by atoms with Crippen molar-refractivity contribution in [3.63, 3.8) is 0 Å². The Balaban J connectivity index is 1.99. The minimum absolute atomic E-state index is 0.642. The van der Waals surface area contributed by atoms with E-state index >= 15 is 0 Å². The largest absolute Gasteiger partial charge is 0.323 e. The van der Waals surface area contributed by atoms with E-state index in [0.717, 1.165) is 4.48 Å². The molecule has 0 amide bonds. The van der Waals surface area contributed by atoms with Crippen molar-refractivity contribution in [2.45, 2.75) is 129 Å². The predicted molar refractivity (Wildman–Crippen MR) is 136 cm³/mol. The van der Waals surface area contributed by atoms with Crippen LogP contribution in [0, 0.1) is 0 Å². The van der Waals surface area contributed by atoms with Gasteiger partial charge in [0, 0.05) is 12.0 Å². The van der Waals surface area contributed by atoms with Crippen LogP contribution in [0.25, 0.3) is 0 Å². The van der Waals surface area contributed by atoms with Crippen LogP contribution in [-0.4, -0.2) is 25.1 Å². The second-order valence-corrected chi connectivity index (χ2v) is 10.1. The van der Waals surface area contributed by atoms with Gasteiger partial charge in [-0.1, -0.05) is 134 Å². The second kappa shape index (κ2) is 17.8. The molecule has 0 radical (unpaired) electrons. The van der Waals surface area contributed by atoms with E-state index in [0.29, 0.717) is 6.04 Å². The minimum atomic E-state index is 0.642. The Morgan fingerprint density at radius 1 is 0.567 bits per heavy atom. The van der Waals surface area contributed by atoms with Crippen molar-refractivity contribution in [3.8, 4) is 0 Å². The fraction of sp³-hybridized carbons (Fsp3) is 0.793. The average molecular weight is 417 g/mol.